The summed E-state index contributed by atoms with van der Waals surface area (Å²) < 4.78 is 80.0. The van der Waals surface area contributed by atoms with Crippen LogP contribution in [0.25, 0.3) is 5.69 Å². The van der Waals surface area contributed by atoms with Gasteiger partial charge < -0.3 is 5.32 Å². The lowest BCUT2D eigenvalue weighted by Crippen LogP contribution is -2.29. The minimum atomic E-state index is -4.65. The van der Waals surface area contributed by atoms with Crippen LogP contribution in [-0.4, -0.2) is 20.7 Å². The molecule has 2 aromatic carbocycles. The van der Waals surface area contributed by atoms with E-state index in [-0.39, 0.29) is 29.8 Å². The number of halogens is 6. The van der Waals surface area contributed by atoms with Crippen LogP contribution in [0.5, 0.6) is 0 Å². The number of rotatable bonds is 4. The van der Waals surface area contributed by atoms with E-state index >= 15 is 0 Å². The first-order chi connectivity index (χ1) is 14.5. The molecule has 0 bridgehead atoms. The third-order valence-corrected chi connectivity index (χ3v) is 5.16. The van der Waals surface area contributed by atoms with Crippen molar-refractivity contribution < 1.29 is 31.1 Å². The van der Waals surface area contributed by atoms with Crippen LogP contribution in [0, 0.1) is 0 Å². The highest BCUT2D eigenvalue weighted by Crippen LogP contribution is 2.50. The first-order valence-electron chi connectivity index (χ1n) is 9.06. The van der Waals surface area contributed by atoms with Crippen molar-refractivity contribution in [3.8, 4) is 5.69 Å². The molecule has 0 spiro atoms. The maximum absolute atomic E-state index is 13.2. The lowest BCUT2D eigenvalue weighted by Gasteiger charge is -2.20. The number of hydrogen-bond acceptors (Lipinski definition) is 3. The van der Waals surface area contributed by atoms with E-state index in [0.29, 0.717) is 0 Å². The van der Waals surface area contributed by atoms with Crippen molar-refractivity contribution in [3.05, 3.63) is 71.8 Å². The van der Waals surface area contributed by atoms with E-state index in [4.69, 9.17) is 0 Å². The molecular formula is C20H14F6N4O. The summed E-state index contributed by atoms with van der Waals surface area (Å²) in [6.45, 7) is 0. The molecule has 1 fully saturated rings. The summed E-state index contributed by atoms with van der Waals surface area (Å²) in [4.78, 5) is 16.8. The van der Waals surface area contributed by atoms with Crippen molar-refractivity contribution in [2.75, 3.05) is 5.32 Å². The first-order valence-corrected chi connectivity index (χ1v) is 9.06. The fraction of sp³-hybridized carbons (Fsp3) is 0.250. The Hall–Kier alpha value is -3.37. The Morgan fingerprint density at radius 2 is 1.65 bits per heavy atom. The minimum absolute atomic E-state index is 0.138. The average molecular weight is 440 g/mol. The highest BCUT2D eigenvalue weighted by molar-refractivity contribution is 6.02. The monoisotopic (exact) mass is 440 g/mol. The van der Waals surface area contributed by atoms with Crippen LogP contribution in [0.2, 0.25) is 0 Å². The van der Waals surface area contributed by atoms with Crippen LogP contribution in [0.4, 0.5) is 32.0 Å². The highest BCUT2D eigenvalue weighted by Gasteiger charge is 2.52. The highest BCUT2D eigenvalue weighted by atomic mass is 19.4. The Labute approximate surface area is 171 Å². The summed E-state index contributed by atoms with van der Waals surface area (Å²) in [5, 5.41) is 6.33. The van der Waals surface area contributed by atoms with Gasteiger partial charge in [-0.3, -0.25) is 4.79 Å². The fourth-order valence-electron chi connectivity index (χ4n) is 3.35. The summed E-state index contributed by atoms with van der Waals surface area (Å²) in [6.07, 6.45) is -6.26. The van der Waals surface area contributed by atoms with E-state index in [0.717, 1.165) is 30.3 Å². The molecule has 5 nitrogen and oxygen atoms in total. The summed E-state index contributed by atoms with van der Waals surface area (Å²) in [5.41, 5.74) is -3.01. The van der Waals surface area contributed by atoms with Crippen LogP contribution in [-0.2, 0) is 22.6 Å². The van der Waals surface area contributed by atoms with Crippen LogP contribution in [0.1, 0.15) is 29.5 Å². The van der Waals surface area contributed by atoms with Gasteiger partial charge in [-0.05, 0) is 42.7 Å². The van der Waals surface area contributed by atoms with Crippen molar-refractivity contribution in [3.63, 3.8) is 0 Å². The third-order valence-electron chi connectivity index (χ3n) is 5.16. The minimum Gasteiger partial charge on any atom is -0.323 e. The molecule has 0 aliphatic heterocycles. The predicted molar refractivity (Wildman–Crippen MR) is 97.3 cm³/mol. The lowest BCUT2D eigenvalue weighted by molar-refractivity contribution is -0.138. The van der Waals surface area contributed by atoms with Crippen molar-refractivity contribution in [1.82, 2.24) is 14.8 Å². The Kier molecular flexibility index (Phi) is 4.78. The van der Waals surface area contributed by atoms with Crippen molar-refractivity contribution in [1.29, 1.82) is 0 Å². The summed E-state index contributed by atoms with van der Waals surface area (Å²) in [6, 6.07) is 7.15. The maximum atomic E-state index is 13.2. The zero-order valence-electron chi connectivity index (χ0n) is 15.6. The van der Waals surface area contributed by atoms with Gasteiger partial charge in [-0.15, -0.1) is 0 Å². The van der Waals surface area contributed by atoms with Crippen molar-refractivity contribution >= 4 is 11.6 Å². The molecule has 1 saturated carbocycles. The van der Waals surface area contributed by atoms with E-state index in [9.17, 15) is 31.1 Å². The van der Waals surface area contributed by atoms with E-state index in [1.807, 2.05) is 0 Å². The molecule has 1 aromatic heterocycles. The molecule has 1 aliphatic rings. The number of benzene rings is 2. The van der Waals surface area contributed by atoms with Gasteiger partial charge in [0, 0.05) is 0 Å². The molecule has 0 atom stereocenters. The molecule has 1 heterocycles. The summed E-state index contributed by atoms with van der Waals surface area (Å²) in [5.74, 6) is -0.687. The van der Waals surface area contributed by atoms with Crippen LogP contribution in [0.3, 0.4) is 0 Å². The molecule has 1 amide bonds. The largest absolute Gasteiger partial charge is 0.416 e. The second-order valence-corrected chi connectivity index (χ2v) is 7.18. The van der Waals surface area contributed by atoms with Gasteiger partial charge in [0.15, 0.2) is 0 Å². The Morgan fingerprint density at radius 3 is 2.23 bits per heavy atom. The van der Waals surface area contributed by atoms with Crippen molar-refractivity contribution in [2.45, 2.75) is 30.6 Å². The summed E-state index contributed by atoms with van der Waals surface area (Å²) >= 11 is 0. The first kappa shape index (κ1) is 20.9. The number of amides is 1. The zero-order chi connectivity index (χ0) is 22.4. The zero-order valence-corrected chi connectivity index (χ0v) is 15.6. The summed E-state index contributed by atoms with van der Waals surface area (Å²) in [7, 11) is 0. The SMILES string of the molecule is O=C(Nc1cc(C(F)(F)F)ccc1-n1cncn1)C1(c2cccc(C(F)(F)F)c2)CC1. The molecular weight excluding hydrogens is 426 g/mol. The van der Waals surface area contributed by atoms with Gasteiger partial charge >= 0.3 is 12.4 Å². The molecule has 3 aromatic rings. The maximum Gasteiger partial charge on any atom is 0.416 e. The van der Waals surface area contributed by atoms with Gasteiger partial charge in [0.2, 0.25) is 5.91 Å². The molecule has 0 unspecified atom stereocenters. The van der Waals surface area contributed by atoms with Crippen LogP contribution >= 0.6 is 0 Å². The quantitative estimate of drug-likeness (QED) is 0.583. The smallest absolute Gasteiger partial charge is 0.323 e. The van der Waals surface area contributed by atoms with E-state index < -0.39 is 34.8 Å². The second kappa shape index (κ2) is 7.10. The Balaban J connectivity index is 1.70. The Bertz CT molecular complexity index is 1120. The number of hydrogen-bond donors (Lipinski definition) is 1. The molecule has 0 radical (unpaired) electrons. The van der Waals surface area contributed by atoms with Gasteiger partial charge in [0.05, 0.1) is 27.9 Å². The lowest BCUT2D eigenvalue weighted by atomic mass is 9.93. The third kappa shape index (κ3) is 3.99. The van der Waals surface area contributed by atoms with Gasteiger partial charge in [-0.2, -0.15) is 31.4 Å². The molecule has 11 heteroatoms. The number of aromatic nitrogens is 3. The second-order valence-electron chi connectivity index (χ2n) is 7.18. The van der Waals surface area contributed by atoms with E-state index in [1.165, 1.54) is 29.5 Å². The van der Waals surface area contributed by atoms with Gasteiger partial charge in [0.1, 0.15) is 12.7 Å². The molecule has 1 N–H and O–H groups in total. The predicted octanol–water partition coefficient (Wildman–Crippen LogP) is 4.98. The Morgan fingerprint density at radius 1 is 0.968 bits per heavy atom. The number of carbonyl (C=O) groups excluding carboxylic acids is 1. The standard InChI is InChI=1S/C20H14F6N4O/c21-19(22,23)13-3-1-2-12(8-13)18(6-7-18)17(31)29-15-9-14(20(24,25)26)4-5-16(15)30-11-27-10-28-30/h1-5,8-11H,6-7H2,(H,29,31). The molecule has 1 aliphatic carbocycles. The average Bonchev–Trinajstić information content (AvgIpc) is 3.34. The number of nitrogens with one attached hydrogen (secondary N) is 1. The van der Waals surface area contributed by atoms with E-state index in [1.54, 1.807) is 0 Å². The van der Waals surface area contributed by atoms with E-state index in [2.05, 4.69) is 15.4 Å². The van der Waals surface area contributed by atoms with Crippen LogP contribution < -0.4 is 5.32 Å². The molecule has 4 rings (SSSR count). The van der Waals surface area contributed by atoms with Crippen molar-refractivity contribution in [2.24, 2.45) is 0 Å². The number of anilines is 1. The van der Waals surface area contributed by atoms with Gasteiger partial charge in [-0.25, -0.2) is 9.67 Å². The molecule has 31 heavy (non-hydrogen) atoms. The topological polar surface area (TPSA) is 59.8 Å². The number of alkyl halides is 6. The normalized spacial score (nSPS) is 15.5. The van der Waals surface area contributed by atoms with Gasteiger partial charge in [-0.1, -0.05) is 18.2 Å². The molecule has 162 valence electrons. The fourth-order valence-corrected chi connectivity index (χ4v) is 3.35. The van der Waals surface area contributed by atoms with Crippen LogP contribution in [0.15, 0.2) is 55.1 Å². The van der Waals surface area contributed by atoms with Gasteiger partial charge in [0.25, 0.3) is 0 Å². The number of carbonyl (C=O) groups is 1. The number of nitrogens with zero attached hydrogens (tertiary/aromatic N) is 3. The molecule has 0 saturated heterocycles.